The van der Waals surface area contributed by atoms with Gasteiger partial charge in [-0.25, -0.2) is 0 Å². The second-order valence-electron chi connectivity index (χ2n) is 22.7. The molecule has 0 aliphatic heterocycles. The van der Waals surface area contributed by atoms with Crippen molar-refractivity contribution >= 4 is 161 Å². The van der Waals surface area contributed by atoms with Crippen molar-refractivity contribution in [3.05, 3.63) is 347 Å². The molecule has 12 aromatic carbocycles. The molecule has 12 rings (SSSR count). The van der Waals surface area contributed by atoms with E-state index in [2.05, 4.69) is 294 Å². The first kappa shape index (κ1) is 96.4. The molecule has 0 saturated heterocycles. The summed E-state index contributed by atoms with van der Waals surface area (Å²) in [5.41, 5.74) is 11.5. The van der Waals surface area contributed by atoms with Crippen molar-refractivity contribution in [2.24, 2.45) is 0 Å². The molecular weight excluding hydrogens is 1620 g/mol. The van der Waals surface area contributed by atoms with Crippen molar-refractivity contribution in [1.29, 1.82) is 0 Å². The first-order valence-electron chi connectivity index (χ1n) is 32.5. The normalized spacial score (nSPS) is 10.1. The average molecular weight is 1710 g/mol. The largest absolute Gasteiger partial charge is 0.813 e. The molecule has 0 saturated carbocycles. The molecule has 0 amide bonds. The summed E-state index contributed by atoms with van der Waals surface area (Å²) in [5, 5.41) is 11.1. The van der Waals surface area contributed by atoms with Gasteiger partial charge in [-0.05, 0) is 185 Å². The first-order chi connectivity index (χ1) is 46.5. The van der Waals surface area contributed by atoms with Crippen molar-refractivity contribution in [3.8, 4) is 17.2 Å². The third kappa shape index (κ3) is 23.5. The van der Waals surface area contributed by atoms with Gasteiger partial charge in [0.2, 0.25) is 0 Å². The predicted octanol–water partition coefficient (Wildman–Crippen LogP) is 16.0. The number of hydrogen-bond donors (Lipinski definition) is 0. The maximum atomic E-state index is 5.80. The zero-order chi connectivity index (χ0) is 67.0. The molecule has 0 aliphatic rings. The fraction of sp³-hybridized carbons (Fsp3) is 0.163. The fourth-order valence-electron chi connectivity index (χ4n) is 13.3. The van der Waals surface area contributed by atoms with Crippen molar-refractivity contribution in [1.82, 2.24) is 0 Å². The van der Waals surface area contributed by atoms with Crippen LogP contribution in [0.15, 0.2) is 312 Å². The second kappa shape index (κ2) is 49.4. The summed E-state index contributed by atoms with van der Waals surface area (Å²) in [7, 11) is 1.36. The Morgan fingerprint density at radius 1 is 0.252 bits per heavy atom. The summed E-state index contributed by atoms with van der Waals surface area (Å²) in [4.78, 5) is 2.43. The summed E-state index contributed by atoms with van der Waals surface area (Å²) in [6.45, 7) is 8.71. The predicted molar refractivity (Wildman–Crippen MR) is 454 cm³/mol. The molecule has 17 heteroatoms. The molecule has 103 heavy (non-hydrogen) atoms. The zero-order valence-corrected chi connectivity index (χ0v) is 71.7. The summed E-state index contributed by atoms with van der Waals surface area (Å²) in [5.74, 6) is 3.41. The summed E-state index contributed by atoms with van der Waals surface area (Å²) < 4.78 is 17.4. The molecule has 0 fully saturated rings. The van der Waals surface area contributed by atoms with Crippen molar-refractivity contribution < 1.29 is 82.5 Å². The van der Waals surface area contributed by atoms with Gasteiger partial charge in [-0.15, -0.1) is 0 Å². The van der Waals surface area contributed by atoms with E-state index in [0.717, 1.165) is 92.9 Å². The van der Waals surface area contributed by atoms with Crippen LogP contribution < -0.4 is 56.6 Å². The molecule has 0 aromatic heterocycles. The van der Waals surface area contributed by atoms with Crippen LogP contribution in [0.25, 0.3) is 0 Å². The van der Waals surface area contributed by atoms with E-state index in [4.69, 9.17) is 52.1 Å². The van der Waals surface area contributed by atoms with Crippen LogP contribution in [0.1, 0.15) is 77.8 Å². The van der Waals surface area contributed by atoms with Crippen molar-refractivity contribution in [2.75, 3.05) is 27.1 Å². The number of rotatable bonds is 20. The SMILES string of the molecule is CC[S-].CCc1c(Cc2cc([S-])ccc2OC)c(CC)c(Cc2cc([S-])ccc2OC)c(CC)c1Cc1cc([S-])ccc1OC.[Fe].[Fe].[Fe].[Fe].[SH-].[SH-].[SH-].[SH-].c1ccc([P+](c2ccccc2)(c2ccccc2)c2ccccc2)cc1.c1ccc([P+](c2ccccc2)(c2ccccc2)c2ccccc2)cc1. The molecule has 0 heterocycles. The van der Waals surface area contributed by atoms with Gasteiger partial charge in [0.25, 0.3) is 0 Å². The Morgan fingerprint density at radius 3 is 0.544 bits per heavy atom. The summed E-state index contributed by atoms with van der Waals surface area (Å²) >= 11 is 21.2. The van der Waals surface area contributed by atoms with Crippen LogP contribution in [0.5, 0.6) is 17.2 Å². The van der Waals surface area contributed by atoms with Crippen LogP contribution in [-0.4, -0.2) is 27.1 Å². The van der Waals surface area contributed by atoms with E-state index >= 15 is 0 Å². The van der Waals surface area contributed by atoms with Crippen LogP contribution in [0.4, 0.5) is 0 Å². The van der Waals surface area contributed by atoms with Crippen LogP contribution in [-0.2, 0) is 211 Å². The van der Waals surface area contributed by atoms with Crippen LogP contribution in [0, 0.1) is 0 Å². The number of methoxy groups -OCH3 is 3. The molecule has 12 aromatic rings. The smallest absolute Gasteiger partial charge is 0.144 e. The number of ether oxygens (including phenoxy) is 3. The minimum atomic E-state index is -1.91. The molecule has 0 atom stereocenters. The molecule has 0 radical (unpaired) electrons. The quantitative estimate of drug-likeness (QED) is 0.0316. The van der Waals surface area contributed by atoms with Gasteiger partial charge in [0, 0.05) is 87.5 Å². The molecule has 0 bridgehead atoms. The van der Waals surface area contributed by atoms with Gasteiger partial charge in [-0.3, -0.25) is 0 Å². The second-order valence-corrected chi connectivity index (χ2v) is 31.5. The third-order valence-electron chi connectivity index (χ3n) is 17.3. The number of benzene rings is 12. The Kier molecular flexibility index (Phi) is 46.2. The minimum Gasteiger partial charge on any atom is -0.813 e. The van der Waals surface area contributed by atoms with E-state index in [1.165, 1.54) is 75.8 Å². The van der Waals surface area contributed by atoms with Gasteiger partial charge in [-0.2, -0.15) is 20.4 Å². The Labute approximate surface area is 708 Å². The van der Waals surface area contributed by atoms with E-state index in [1.54, 1.807) is 21.3 Å². The van der Waals surface area contributed by atoms with Gasteiger partial charge in [0.1, 0.15) is 74.2 Å². The maximum absolute atomic E-state index is 5.80. The molecule has 546 valence electrons. The molecule has 0 aliphatic carbocycles. The maximum Gasteiger partial charge on any atom is 0.144 e. The Balaban J connectivity index is 0.000000760. The Bertz CT molecular complexity index is 3650. The van der Waals surface area contributed by atoms with Gasteiger partial charge in [0.15, 0.2) is 0 Å². The average Bonchev–Trinajstić information content (AvgIpc) is 0.748. The Morgan fingerprint density at radius 2 is 0.408 bits per heavy atom. The summed E-state index contributed by atoms with van der Waals surface area (Å²) in [6, 6.07) is 106. The molecule has 0 unspecified atom stereocenters. The molecular formula is C86H88Fe4O3P2S8-6. The van der Waals surface area contributed by atoms with Crippen molar-refractivity contribution in [3.63, 3.8) is 0 Å². The van der Waals surface area contributed by atoms with E-state index in [-0.39, 0.29) is 122 Å². The van der Waals surface area contributed by atoms with Gasteiger partial charge in [0.05, 0.1) is 21.3 Å². The number of hydrogen-bond acceptors (Lipinski definition) is 11. The Hall–Kier alpha value is -4.61. The van der Waals surface area contributed by atoms with Gasteiger partial charge in [-0.1, -0.05) is 210 Å². The topological polar surface area (TPSA) is 27.7 Å². The third-order valence-corrected chi connectivity index (χ3v) is 26.6. The van der Waals surface area contributed by atoms with E-state index < -0.39 is 14.5 Å². The zero-order valence-electron chi connectivity index (χ0n) is 58.7. The summed E-state index contributed by atoms with van der Waals surface area (Å²) in [6.07, 6.45) is 4.92. The molecule has 3 nitrogen and oxygen atoms in total. The van der Waals surface area contributed by atoms with Crippen molar-refractivity contribution in [2.45, 2.75) is 80.9 Å². The molecule has 0 spiro atoms. The molecule has 0 N–H and O–H groups in total. The van der Waals surface area contributed by atoms with E-state index in [1.807, 2.05) is 43.3 Å². The van der Waals surface area contributed by atoms with E-state index in [9.17, 15) is 0 Å². The van der Waals surface area contributed by atoms with E-state index in [0.29, 0.717) is 0 Å². The van der Waals surface area contributed by atoms with Crippen LogP contribution in [0.3, 0.4) is 0 Å². The fourth-order valence-corrected chi connectivity index (χ4v) is 22.4. The standard InChI is InChI=1S/C36H42O3S3.2C24H20P.C2H6S.4Fe.4H2S/c1-7-28-31(19-22-16-25(40)10-13-34(22)37-4)29(8-2)33(21-24-18-27(42)12-15-36(24)39-6)30(9-3)32(28)20-23-17-26(41)11-14-35(23)38-5;2*1-5-13-21(14-6-1)25(22-15-7-2-8-16-22,23-17-9-3-10-18-23)24-19-11-4-12-20-24;1-2-3;;;;;;;;/h10-18,40-42H,7-9,19-21H2,1-6H3;2*1-20H;3H,2H2,1H3;;;;;4*1H2/q;2*+1;;;;;;;;;/p-8. The number of thiol groups is 4. The first-order valence-corrected chi connectivity index (χ1v) is 37.9. The van der Waals surface area contributed by atoms with Gasteiger partial charge < -0.3 is 119 Å². The monoisotopic (exact) mass is 1710 g/mol. The van der Waals surface area contributed by atoms with Crippen LogP contribution in [0.2, 0.25) is 0 Å². The van der Waals surface area contributed by atoms with Gasteiger partial charge >= 0.3 is 0 Å². The minimum absolute atomic E-state index is 0. The van der Waals surface area contributed by atoms with Crippen LogP contribution >= 0.6 is 14.5 Å².